The minimum Gasteiger partial charge on any atom is -0.340 e. The van der Waals surface area contributed by atoms with Crippen LogP contribution < -0.4 is 10.9 Å². The van der Waals surface area contributed by atoms with Crippen molar-refractivity contribution in [3.63, 3.8) is 0 Å². The lowest BCUT2D eigenvalue weighted by Crippen LogP contribution is -2.33. The third-order valence-corrected chi connectivity index (χ3v) is 2.08. The Morgan fingerprint density at radius 3 is 2.80 bits per heavy atom. The van der Waals surface area contributed by atoms with Gasteiger partial charge in [0.1, 0.15) is 0 Å². The molecule has 5 heteroatoms. The highest BCUT2D eigenvalue weighted by molar-refractivity contribution is 5.93. The molecule has 0 aliphatic rings. The predicted octanol–water partition coefficient (Wildman–Crippen LogP) is -0.334. The fraction of sp³-hybridized carbons (Fsp3) is 0.400. The molecule has 1 rings (SSSR count). The number of hydrogen-bond acceptors (Lipinski definition) is 3. The third-order valence-electron chi connectivity index (χ3n) is 2.08. The van der Waals surface area contributed by atoms with E-state index in [0.717, 1.165) is 6.54 Å². The van der Waals surface area contributed by atoms with Crippen molar-refractivity contribution in [2.45, 2.75) is 0 Å². The van der Waals surface area contributed by atoms with E-state index >= 15 is 0 Å². The first kappa shape index (κ1) is 11.5. The van der Waals surface area contributed by atoms with Gasteiger partial charge in [-0.15, -0.1) is 0 Å². The molecule has 0 radical (unpaired) electrons. The number of aromatic nitrogens is 1. The lowest BCUT2D eigenvalue weighted by atomic mass is 10.2. The largest absolute Gasteiger partial charge is 0.340 e. The Morgan fingerprint density at radius 1 is 1.53 bits per heavy atom. The summed E-state index contributed by atoms with van der Waals surface area (Å²) in [6, 6.07) is 2.87. The molecule has 0 spiro atoms. The van der Waals surface area contributed by atoms with Crippen LogP contribution >= 0.6 is 0 Å². The zero-order valence-corrected chi connectivity index (χ0v) is 8.91. The van der Waals surface area contributed by atoms with E-state index in [-0.39, 0.29) is 11.5 Å². The maximum Gasteiger partial charge on any atom is 0.255 e. The van der Waals surface area contributed by atoms with Crippen molar-refractivity contribution in [2.24, 2.45) is 0 Å². The predicted molar refractivity (Wildman–Crippen MR) is 57.9 cm³/mol. The molecule has 2 N–H and O–H groups in total. The van der Waals surface area contributed by atoms with Gasteiger partial charge in [-0.3, -0.25) is 9.59 Å². The summed E-state index contributed by atoms with van der Waals surface area (Å²) in [4.78, 5) is 26.6. The van der Waals surface area contributed by atoms with Crippen LogP contribution in [0.15, 0.2) is 23.1 Å². The van der Waals surface area contributed by atoms with Crippen LogP contribution in [0.5, 0.6) is 0 Å². The van der Waals surface area contributed by atoms with E-state index in [1.54, 1.807) is 11.9 Å². The van der Waals surface area contributed by atoms with Crippen LogP contribution in [-0.2, 0) is 0 Å². The van der Waals surface area contributed by atoms with E-state index in [0.29, 0.717) is 12.1 Å². The quantitative estimate of drug-likeness (QED) is 0.713. The number of H-pyrrole nitrogens is 1. The number of hydrogen-bond donors (Lipinski definition) is 2. The topological polar surface area (TPSA) is 65.2 Å². The number of rotatable bonds is 4. The molecule has 1 aromatic heterocycles. The van der Waals surface area contributed by atoms with E-state index in [9.17, 15) is 9.59 Å². The molecule has 0 aromatic carbocycles. The van der Waals surface area contributed by atoms with Crippen molar-refractivity contribution in [2.75, 3.05) is 27.2 Å². The summed E-state index contributed by atoms with van der Waals surface area (Å²) in [5.41, 5.74) is 0.289. The van der Waals surface area contributed by atoms with Crippen molar-refractivity contribution in [1.29, 1.82) is 0 Å². The summed E-state index contributed by atoms with van der Waals surface area (Å²) in [7, 11) is 3.56. The fourth-order valence-electron chi connectivity index (χ4n) is 1.15. The van der Waals surface area contributed by atoms with Crippen molar-refractivity contribution >= 4 is 5.91 Å². The van der Waals surface area contributed by atoms with E-state index < -0.39 is 0 Å². The summed E-state index contributed by atoms with van der Waals surface area (Å²) in [6.07, 6.45) is 1.43. The molecule has 5 nitrogen and oxygen atoms in total. The van der Waals surface area contributed by atoms with Crippen LogP contribution in [0.4, 0.5) is 0 Å². The zero-order valence-electron chi connectivity index (χ0n) is 8.91. The molecule has 0 aliphatic carbocycles. The van der Waals surface area contributed by atoms with E-state index in [1.807, 2.05) is 7.05 Å². The minimum atomic E-state index is -0.204. The van der Waals surface area contributed by atoms with Crippen LogP contribution in [0, 0.1) is 0 Å². The Morgan fingerprint density at radius 2 is 2.27 bits per heavy atom. The van der Waals surface area contributed by atoms with Crippen LogP contribution in [-0.4, -0.2) is 43.0 Å². The van der Waals surface area contributed by atoms with Gasteiger partial charge >= 0.3 is 0 Å². The van der Waals surface area contributed by atoms with Gasteiger partial charge in [-0.05, 0) is 13.1 Å². The Kier molecular flexibility index (Phi) is 4.05. The van der Waals surface area contributed by atoms with E-state index in [2.05, 4.69) is 10.3 Å². The van der Waals surface area contributed by atoms with Crippen molar-refractivity contribution in [3.8, 4) is 0 Å². The minimum absolute atomic E-state index is 0.0958. The van der Waals surface area contributed by atoms with Gasteiger partial charge in [0.05, 0.1) is 5.56 Å². The Hall–Kier alpha value is -1.62. The average molecular weight is 209 g/mol. The summed E-state index contributed by atoms with van der Waals surface area (Å²) in [5.74, 6) is -0.0958. The molecule has 0 aliphatic heterocycles. The van der Waals surface area contributed by atoms with Gasteiger partial charge in [-0.25, -0.2) is 0 Å². The second kappa shape index (κ2) is 5.31. The number of carbonyl (C=O) groups excluding carboxylic acids is 1. The van der Waals surface area contributed by atoms with Gasteiger partial charge < -0.3 is 15.2 Å². The monoisotopic (exact) mass is 209 g/mol. The average Bonchev–Trinajstić information content (AvgIpc) is 2.26. The second-order valence-electron chi connectivity index (χ2n) is 3.27. The maximum atomic E-state index is 11.7. The summed E-state index contributed by atoms with van der Waals surface area (Å²) in [6.45, 7) is 1.38. The number of carbonyl (C=O) groups is 1. The fourth-order valence-corrected chi connectivity index (χ4v) is 1.15. The Bertz CT molecular complexity index is 366. The van der Waals surface area contributed by atoms with Gasteiger partial charge in [0, 0.05) is 32.4 Å². The van der Waals surface area contributed by atoms with Crippen LogP contribution in [0.1, 0.15) is 10.4 Å². The SMILES string of the molecule is CNCCN(C)C(=O)c1ccc(=O)[nH]c1. The van der Waals surface area contributed by atoms with Gasteiger partial charge in [0.25, 0.3) is 5.91 Å². The zero-order chi connectivity index (χ0) is 11.3. The molecule has 15 heavy (non-hydrogen) atoms. The molecule has 82 valence electrons. The number of nitrogens with zero attached hydrogens (tertiary/aromatic N) is 1. The number of aromatic amines is 1. The van der Waals surface area contributed by atoms with Gasteiger partial charge in [0.2, 0.25) is 5.56 Å². The highest BCUT2D eigenvalue weighted by atomic mass is 16.2. The first-order chi connectivity index (χ1) is 7.15. The van der Waals surface area contributed by atoms with Crippen LogP contribution in [0.3, 0.4) is 0 Å². The molecule has 0 atom stereocenters. The first-order valence-electron chi connectivity index (χ1n) is 4.74. The van der Waals surface area contributed by atoms with Gasteiger partial charge in [-0.1, -0.05) is 0 Å². The lowest BCUT2D eigenvalue weighted by Gasteiger charge is -2.16. The molecule has 1 amide bonds. The van der Waals surface area contributed by atoms with Crippen molar-refractivity contribution in [1.82, 2.24) is 15.2 Å². The number of pyridine rings is 1. The number of amides is 1. The molecule has 1 heterocycles. The van der Waals surface area contributed by atoms with Crippen molar-refractivity contribution in [3.05, 3.63) is 34.2 Å². The van der Waals surface area contributed by atoms with Gasteiger partial charge in [0.15, 0.2) is 0 Å². The normalized spacial score (nSPS) is 10.0. The second-order valence-corrected chi connectivity index (χ2v) is 3.27. The van der Waals surface area contributed by atoms with Crippen LogP contribution in [0.25, 0.3) is 0 Å². The molecule has 0 fully saturated rings. The highest BCUT2D eigenvalue weighted by Crippen LogP contribution is 1.98. The molecular weight excluding hydrogens is 194 g/mol. The molecule has 0 saturated carbocycles. The van der Waals surface area contributed by atoms with Gasteiger partial charge in [-0.2, -0.15) is 0 Å². The summed E-state index contributed by atoms with van der Waals surface area (Å²) >= 11 is 0. The lowest BCUT2D eigenvalue weighted by molar-refractivity contribution is 0.0796. The number of likely N-dealkylation sites (N-methyl/N-ethyl adjacent to an activating group) is 2. The molecule has 0 bridgehead atoms. The van der Waals surface area contributed by atoms with E-state index in [1.165, 1.54) is 18.3 Å². The molecular formula is C10H15N3O2. The molecule has 0 unspecified atom stereocenters. The summed E-state index contributed by atoms with van der Waals surface area (Å²) in [5, 5.41) is 2.96. The standard InChI is InChI=1S/C10H15N3O2/c1-11-5-6-13(2)10(15)8-3-4-9(14)12-7-8/h3-4,7,11H,5-6H2,1-2H3,(H,12,14). The smallest absolute Gasteiger partial charge is 0.255 e. The first-order valence-corrected chi connectivity index (χ1v) is 4.74. The highest BCUT2D eigenvalue weighted by Gasteiger charge is 2.10. The molecule has 1 aromatic rings. The number of nitrogens with one attached hydrogen (secondary N) is 2. The van der Waals surface area contributed by atoms with E-state index in [4.69, 9.17) is 0 Å². The summed E-state index contributed by atoms with van der Waals surface area (Å²) < 4.78 is 0. The Balaban J connectivity index is 2.67. The maximum absolute atomic E-state index is 11.7. The third kappa shape index (κ3) is 3.21. The Labute approximate surface area is 88.1 Å². The van der Waals surface area contributed by atoms with Crippen molar-refractivity contribution < 1.29 is 4.79 Å². The molecule has 0 saturated heterocycles. The van der Waals surface area contributed by atoms with Crippen LogP contribution in [0.2, 0.25) is 0 Å².